The number of rotatable bonds is 3. The molecule has 2 atom stereocenters. The van der Waals surface area contributed by atoms with E-state index >= 15 is 0 Å². The SMILES string of the molecule is NCC(F)C(N)C(F)F. The van der Waals surface area contributed by atoms with Crippen molar-refractivity contribution in [3.05, 3.63) is 0 Å². The number of hydrogen-bond acceptors (Lipinski definition) is 2. The van der Waals surface area contributed by atoms with Gasteiger partial charge in [-0.05, 0) is 0 Å². The fraction of sp³-hybridized carbons (Fsp3) is 1.00. The molecule has 0 radical (unpaired) electrons. The van der Waals surface area contributed by atoms with Crippen LogP contribution in [0.2, 0.25) is 0 Å². The van der Waals surface area contributed by atoms with Crippen LogP contribution in [0.15, 0.2) is 0 Å². The molecule has 0 heterocycles. The van der Waals surface area contributed by atoms with Gasteiger partial charge in [-0.15, -0.1) is 0 Å². The third kappa shape index (κ3) is 2.67. The van der Waals surface area contributed by atoms with Crippen molar-refractivity contribution < 1.29 is 13.2 Å². The van der Waals surface area contributed by atoms with Crippen LogP contribution in [-0.2, 0) is 0 Å². The van der Waals surface area contributed by atoms with Gasteiger partial charge in [-0.2, -0.15) is 0 Å². The van der Waals surface area contributed by atoms with E-state index in [1.807, 2.05) is 0 Å². The second-order valence-electron chi connectivity index (χ2n) is 1.66. The van der Waals surface area contributed by atoms with Crippen molar-refractivity contribution in [1.29, 1.82) is 0 Å². The first-order valence-electron chi connectivity index (χ1n) is 2.47. The smallest absolute Gasteiger partial charge is 0.256 e. The van der Waals surface area contributed by atoms with E-state index in [1.165, 1.54) is 0 Å². The third-order valence-electron chi connectivity index (χ3n) is 0.934. The molecule has 5 heteroatoms. The maximum absolute atomic E-state index is 12.0. The minimum Gasteiger partial charge on any atom is -0.328 e. The summed E-state index contributed by atoms with van der Waals surface area (Å²) in [4.78, 5) is 0. The lowest BCUT2D eigenvalue weighted by atomic mass is 10.2. The fourth-order valence-corrected chi connectivity index (χ4v) is 0.315. The van der Waals surface area contributed by atoms with Crippen molar-refractivity contribution in [2.75, 3.05) is 6.54 Å². The summed E-state index contributed by atoms with van der Waals surface area (Å²) in [6, 6.07) is -1.74. The molecule has 0 spiro atoms. The monoisotopic (exact) mass is 142 g/mol. The Kier molecular flexibility index (Phi) is 3.56. The van der Waals surface area contributed by atoms with Gasteiger partial charge in [0.25, 0.3) is 6.43 Å². The maximum atomic E-state index is 12.0. The first-order valence-corrected chi connectivity index (χ1v) is 2.47. The normalized spacial score (nSPS) is 18.0. The van der Waals surface area contributed by atoms with E-state index in [0.29, 0.717) is 0 Å². The van der Waals surface area contributed by atoms with Crippen LogP contribution in [0, 0.1) is 0 Å². The molecular weight excluding hydrogens is 133 g/mol. The molecule has 0 aromatic heterocycles. The van der Waals surface area contributed by atoms with Crippen molar-refractivity contribution in [1.82, 2.24) is 0 Å². The molecule has 9 heavy (non-hydrogen) atoms. The molecule has 0 bridgehead atoms. The molecule has 4 N–H and O–H groups in total. The van der Waals surface area contributed by atoms with Gasteiger partial charge in [0.2, 0.25) is 0 Å². The van der Waals surface area contributed by atoms with Crippen LogP contribution in [0.5, 0.6) is 0 Å². The zero-order valence-corrected chi connectivity index (χ0v) is 4.73. The topological polar surface area (TPSA) is 52.0 Å². The van der Waals surface area contributed by atoms with Crippen molar-refractivity contribution in [3.8, 4) is 0 Å². The minimum atomic E-state index is -2.83. The molecule has 56 valence electrons. The molecule has 0 saturated carbocycles. The highest BCUT2D eigenvalue weighted by Gasteiger charge is 2.23. The van der Waals surface area contributed by atoms with Gasteiger partial charge in [-0.3, -0.25) is 0 Å². The molecule has 0 saturated heterocycles. The average Bonchev–Trinajstić information content (AvgIpc) is 1.84. The summed E-state index contributed by atoms with van der Waals surface area (Å²) in [5.41, 5.74) is 9.39. The van der Waals surface area contributed by atoms with Crippen LogP contribution < -0.4 is 11.5 Å². The second-order valence-corrected chi connectivity index (χ2v) is 1.66. The Morgan fingerprint density at radius 3 is 1.78 bits per heavy atom. The maximum Gasteiger partial charge on any atom is 0.256 e. The Morgan fingerprint density at radius 2 is 1.67 bits per heavy atom. The number of hydrogen-bond donors (Lipinski definition) is 2. The highest BCUT2D eigenvalue weighted by atomic mass is 19.3. The molecule has 0 aromatic carbocycles. The molecular formula is C4H9F3N2. The van der Waals surface area contributed by atoms with Crippen LogP contribution in [0.4, 0.5) is 13.2 Å². The van der Waals surface area contributed by atoms with E-state index in [9.17, 15) is 13.2 Å². The summed E-state index contributed by atoms with van der Waals surface area (Å²) < 4.78 is 34.9. The Balaban J connectivity index is 3.58. The van der Waals surface area contributed by atoms with E-state index in [-0.39, 0.29) is 0 Å². The van der Waals surface area contributed by atoms with Crippen LogP contribution in [-0.4, -0.2) is 25.2 Å². The highest BCUT2D eigenvalue weighted by molar-refractivity contribution is 4.74. The average molecular weight is 142 g/mol. The zero-order chi connectivity index (χ0) is 7.44. The zero-order valence-electron chi connectivity index (χ0n) is 4.73. The Hall–Kier alpha value is -0.290. The van der Waals surface area contributed by atoms with E-state index in [2.05, 4.69) is 5.73 Å². The van der Waals surface area contributed by atoms with Gasteiger partial charge in [-0.1, -0.05) is 0 Å². The number of alkyl halides is 3. The molecule has 0 fully saturated rings. The molecule has 2 unspecified atom stereocenters. The molecule has 0 rings (SSSR count). The Morgan fingerprint density at radius 1 is 1.22 bits per heavy atom. The highest BCUT2D eigenvalue weighted by Crippen LogP contribution is 2.04. The van der Waals surface area contributed by atoms with E-state index < -0.39 is 25.2 Å². The lowest BCUT2D eigenvalue weighted by molar-refractivity contribution is 0.0765. The van der Waals surface area contributed by atoms with Crippen molar-refractivity contribution in [2.45, 2.75) is 18.6 Å². The standard InChI is InChI=1S/C4H9F3N2/c5-2(1-8)3(9)4(6)7/h2-4H,1,8-9H2. The molecule has 0 aliphatic carbocycles. The van der Waals surface area contributed by atoms with Gasteiger partial charge in [0, 0.05) is 6.54 Å². The van der Waals surface area contributed by atoms with Gasteiger partial charge in [0.1, 0.15) is 6.17 Å². The molecule has 2 nitrogen and oxygen atoms in total. The number of halogens is 3. The van der Waals surface area contributed by atoms with Crippen LogP contribution >= 0.6 is 0 Å². The van der Waals surface area contributed by atoms with E-state index in [1.54, 1.807) is 0 Å². The van der Waals surface area contributed by atoms with Gasteiger partial charge in [-0.25, -0.2) is 13.2 Å². The van der Waals surface area contributed by atoms with Crippen LogP contribution in [0.25, 0.3) is 0 Å². The molecule has 0 aliphatic rings. The summed E-state index contributed by atoms with van der Waals surface area (Å²) >= 11 is 0. The first kappa shape index (κ1) is 8.71. The largest absolute Gasteiger partial charge is 0.328 e. The van der Waals surface area contributed by atoms with Gasteiger partial charge in [0.05, 0.1) is 6.04 Å². The lowest BCUT2D eigenvalue weighted by Crippen LogP contribution is -2.42. The van der Waals surface area contributed by atoms with Crippen molar-refractivity contribution in [3.63, 3.8) is 0 Å². The van der Waals surface area contributed by atoms with E-state index in [0.717, 1.165) is 0 Å². The summed E-state index contributed by atoms with van der Waals surface area (Å²) in [7, 11) is 0. The minimum absolute atomic E-state index is 0.453. The fourth-order valence-electron chi connectivity index (χ4n) is 0.315. The molecule has 0 aromatic rings. The van der Waals surface area contributed by atoms with Crippen LogP contribution in [0.1, 0.15) is 0 Å². The second kappa shape index (κ2) is 3.68. The Bertz CT molecular complexity index is 78.2. The quantitative estimate of drug-likeness (QED) is 0.577. The van der Waals surface area contributed by atoms with Gasteiger partial charge >= 0.3 is 0 Å². The van der Waals surface area contributed by atoms with Crippen LogP contribution in [0.3, 0.4) is 0 Å². The number of nitrogens with two attached hydrogens (primary N) is 2. The predicted molar refractivity (Wildman–Crippen MR) is 27.9 cm³/mol. The van der Waals surface area contributed by atoms with Crippen molar-refractivity contribution in [2.24, 2.45) is 11.5 Å². The Labute approximate surface area is 51.0 Å². The summed E-state index contributed by atoms with van der Waals surface area (Å²) in [6.45, 7) is -0.453. The molecule has 0 amide bonds. The third-order valence-corrected chi connectivity index (χ3v) is 0.934. The van der Waals surface area contributed by atoms with Gasteiger partial charge in [0.15, 0.2) is 0 Å². The first-order chi connectivity index (χ1) is 4.09. The summed E-state index contributed by atoms with van der Waals surface area (Å²) in [5, 5.41) is 0. The predicted octanol–water partition coefficient (Wildman–Crippen LogP) is -0.124. The lowest BCUT2D eigenvalue weighted by Gasteiger charge is -2.12. The van der Waals surface area contributed by atoms with Crippen molar-refractivity contribution >= 4 is 0 Å². The van der Waals surface area contributed by atoms with Gasteiger partial charge < -0.3 is 11.5 Å². The van der Waals surface area contributed by atoms with E-state index in [4.69, 9.17) is 5.73 Å². The summed E-state index contributed by atoms with van der Waals surface area (Å²) in [6.07, 6.45) is -4.63. The summed E-state index contributed by atoms with van der Waals surface area (Å²) in [5.74, 6) is 0. The molecule has 0 aliphatic heterocycles.